The standard InChI is InChI=1S/3C2H4O2.K.Ni.8H2O/c3*1-2(3)4;;;;;;;;;;/h3*1H3,(H,3,4);;;8*1H2/q;;;+1;;;;;;;;;/p-1. The molecule has 0 atom stereocenters. The van der Waals surface area contributed by atoms with Gasteiger partial charge in [-0.3, -0.25) is 9.59 Å². The van der Waals surface area contributed by atoms with Crippen LogP contribution in [0.15, 0.2) is 0 Å². The molecule has 16 heteroatoms. The van der Waals surface area contributed by atoms with Crippen LogP contribution in [0.25, 0.3) is 0 Å². The van der Waals surface area contributed by atoms with Gasteiger partial charge in [0.1, 0.15) is 0 Å². The van der Waals surface area contributed by atoms with Crippen LogP contribution in [-0.4, -0.2) is 71.9 Å². The van der Waals surface area contributed by atoms with Gasteiger partial charge in [-0.15, -0.1) is 0 Å². The normalized spacial score (nSPS) is 3.41. The van der Waals surface area contributed by atoms with Crippen molar-refractivity contribution < 1.29 is 141 Å². The van der Waals surface area contributed by atoms with Crippen LogP contribution in [-0.2, 0) is 30.9 Å². The molecule has 0 unspecified atom stereocenters. The summed E-state index contributed by atoms with van der Waals surface area (Å²) in [5.74, 6) is -2.75. The molecule has 22 heavy (non-hydrogen) atoms. The molecule has 0 aliphatic heterocycles. The number of rotatable bonds is 0. The Hall–Kier alpha value is 0.220. The number of carbonyl (C=O) groups excluding carboxylic acids is 1. The van der Waals surface area contributed by atoms with Gasteiger partial charge in [0.05, 0.1) is 0 Å². The summed E-state index contributed by atoms with van der Waals surface area (Å²) >= 11 is 0. The van der Waals surface area contributed by atoms with Crippen molar-refractivity contribution >= 4 is 17.9 Å². The first-order valence-corrected chi connectivity index (χ1v) is 2.76. The second-order valence-corrected chi connectivity index (χ2v) is 1.53. The molecule has 0 aromatic heterocycles. The zero-order chi connectivity index (χ0) is 10.7. The molecule has 0 radical (unpaired) electrons. The Morgan fingerprint density at radius 3 is 0.636 bits per heavy atom. The Bertz CT molecular complexity index is 127. The summed E-state index contributed by atoms with van der Waals surface area (Å²) in [5.41, 5.74) is 0. The van der Waals surface area contributed by atoms with E-state index in [1.165, 1.54) is 0 Å². The predicted octanol–water partition coefficient (Wildman–Crippen LogP) is -10.7. The fourth-order valence-corrected chi connectivity index (χ4v) is 0. The van der Waals surface area contributed by atoms with Gasteiger partial charge in [0.25, 0.3) is 11.9 Å². The van der Waals surface area contributed by atoms with Gasteiger partial charge >= 0.3 is 51.4 Å². The number of hydrogen-bond acceptors (Lipinski definition) is 4. The molecule has 0 saturated heterocycles. The van der Waals surface area contributed by atoms with E-state index < -0.39 is 17.9 Å². The van der Waals surface area contributed by atoms with Crippen LogP contribution in [0.1, 0.15) is 20.8 Å². The fraction of sp³-hybridized carbons (Fsp3) is 0.500. The monoisotopic (exact) mass is 420 g/mol. The van der Waals surface area contributed by atoms with E-state index in [0.717, 1.165) is 20.8 Å². The molecule has 0 aromatic carbocycles. The fourth-order valence-electron chi connectivity index (χ4n) is 0. The van der Waals surface area contributed by atoms with Gasteiger partial charge in [-0.2, -0.15) is 0 Å². The first-order chi connectivity index (χ1) is 5.20. The molecule has 146 valence electrons. The zero-order valence-corrected chi connectivity index (χ0v) is 16.5. The SMILES string of the molecule is CC(=O)O.CC(=O)O.CC(=O)[O-].O.O.O.O.O.O.O.O.[K+].[Ni]. The summed E-state index contributed by atoms with van der Waals surface area (Å²) < 4.78 is 0. The van der Waals surface area contributed by atoms with Crippen molar-refractivity contribution in [3.8, 4) is 0 Å². The van der Waals surface area contributed by atoms with Crippen molar-refractivity contribution in [3.05, 3.63) is 0 Å². The Balaban J connectivity index is -0.00000000409. The maximum Gasteiger partial charge on any atom is 1.00 e. The van der Waals surface area contributed by atoms with Crippen LogP contribution >= 0.6 is 0 Å². The van der Waals surface area contributed by atoms with E-state index in [2.05, 4.69) is 0 Å². The van der Waals surface area contributed by atoms with Crippen molar-refractivity contribution in [2.75, 3.05) is 0 Å². The van der Waals surface area contributed by atoms with E-state index in [-0.39, 0.29) is 112 Å². The molecule has 0 fully saturated rings. The van der Waals surface area contributed by atoms with E-state index in [1.54, 1.807) is 0 Å². The molecule has 0 aromatic rings. The predicted molar refractivity (Wildman–Crippen MR) is 66.2 cm³/mol. The molecule has 0 aliphatic rings. The quantitative estimate of drug-likeness (QED) is 0.357. The van der Waals surface area contributed by atoms with Gasteiger partial charge in [0.15, 0.2) is 0 Å². The molecular formula is C6H27KNiO14. The summed E-state index contributed by atoms with van der Waals surface area (Å²) in [7, 11) is 0. The van der Waals surface area contributed by atoms with Crippen LogP contribution in [0, 0.1) is 0 Å². The minimum atomic E-state index is -1.08. The minimum absolute atomic E-state index is 0. The molecule has 0 spiro atoms. The summed E-state index contributed by atoms with van der Waals surface area (Å²) in [4.78, 5) is 26.9. The third kappa shape index (κ3) is 155000. The second kappa shape index (κ2) is 102. The molecular weight excluding hydrogens is 394 g/mol. The molecule has 14 nitrogen and oxygen atoms in total. The maximum atomic E-state index is 9.00. The van der Waals surface area contributed by atoms with Gasteiger partial charge < -0.3 is 63.9 Å². The topological polar surface area (TPSA) is 367 Å². The average Bonchev–Trinajstić information content (AvgIpc) is 1.54. The van der Waals surface area contributed by atoms with Crippen molar-refractivity contribution in [1.29, 1.82) is 0 Å². The number of carboxylic acid groups (broad SMARTS) is 3. The van der Waals surface area contributed by atoms with E-state index in [1.807, 2.05) is 0 Å². The van der Waals surface area contributed by atoms with Crippen molar-refractivity contribution in [3.63, 3.8) is 0 Å². The molecule has 0 aliphatic carbocycles. The van der Waals surface area contributed by atoms with Crippen molar-refractivity contribution in [1.82, 2.24) is 0 Å². The number of hydrogen-bond donors (Lipinski definition) is 2. The molecule has 0 amide bonds. The summed E-state index contributed by atoms with van der Waals surface area (Å²) in [6.07, 6.45) is 0. The summed E-state index contributed by atoms with van der Waals surface area (Å²) in [6, 6.07) is 0. The van der Waals surface area contributed by atoms with E-state index in [9.17, 15) is 0 Å². The van der Waals surface area contributed by atoms with Gasteiger partial charge in [-0.25, -0.2) is 0 Å². The third-order valence-electron chi connectivity index (χ3n) is 0. The van der Waals surface area contributed by atoms with Crippen molar-refractivity contribution in [2.45, 2.75) is 20.8 Å². The van der Waals surface area contributed by atoms with Gasteiger partial charge in [-0.05, 0) is 6.92 Å². The molecule has 0 bridgehead atoms. The first-order valence-electron chi connectivity index (χ1n) is 2.76. The zero-order valence-electron chi connectivity index (χ0n) is 12.3. The average molecular weight is 421 g/mol. The van der Waals surface area contributed by atoms with Crippen LogP contribution in [0.2, 0.25) is 0 Å². The number of carboxylic acids is 3. The maximum absolute atomic E-state index is 9.00. The van der Waals surface area contributed by atoms with E-state index in [0.29, 0.717) is 0 Å². The molecule has 0 rings (SSSR count). The van der Waals surface area contributed by atoms with Crippen LogP contribution in [0.4, 0.5) is 0 Å². The molecule has 0 heterocycles. The molecule has 0 saturated carbocycles. The Kier molecular flexibility index (Phi) is 546. The Labute approximate surface area is 178 Å². The van der Waals surface area contributed by atoms with Gasteiger partial charge in [-0.1, -0.05) is 0 Å². The van der Waals surface area contributed by atoms with Crippen LogP contribution in [0.3, 0.4) is 0 Å². The Morgan fingerprint density at radius 2 is 0.636 bits per heavy atom. The summed E-state index contributed by atoms with van der Waals surface area (Å²) in [5, 5.41) is 23.7. The molecule has 18 N–H and O–H groups in total. The largest absolute Gasteiger partial charge is 1.00 e. The first kappa shape index (κ1) is 118. The van der Waals surface area contributed by atoms with Crippen molar-refractivity contribution in [2.24, 2.45) is 0 Å². The number of aliphatic carboxylic acids is 3. The van der Waals surface area contributed by atoms with Gasteiger partial charge in [0, 0.05) is 36.3 Å². The summed E-state index contributed by atoms with van der Waals surface area (Å²) in [6.45, 7) is 3.14. The second-order valence-electron chi connectivity index (χ2n) is 1.53. The Morgan fingerprint density at radius 1 is 0.636 bits per heavy atom. The van der Waals surface area contributed by atoms with Crippen LogP contribution in [0.5, 0.6) is 0 Å². The third-order valence-corrected chi connectivity index (χ3v) is 0. The smallest absolute Gasteiger partial charge is 0.550 e. The number of carbonyl (C=O) groups is 3. The van der Waals surface area contributed by atoms with E-state index in [4.69, 9.17) is 29.7 Å². The van der Waals surface area contributed by atoms with Gasteiger partial charge in [0.2, 0.25) is 0 Å². The van der Waals surface area contributed by atoms with E-state index >= 15 is 0 Å². The van der Waals surface area contributed by atoms with Crippen LogP contribution < -0.4 is 56.5 Å². The minimum Gasteiger partial charge on any atom is -0.550 e.